The number of rotatable bonds is 4. The van der Waals surface area contributed by atoms with E-state index in [-0.39, 0.29) is 20.7 Å². The van der Waals surface area contributed by atoms with E-state index in [1.165, 1.54) is 0 Å². The fourth-order valence-corrected chi connectivity index (χ4v) is 5.41. The van der Waals surface area contributed by atoms with Crippen LogP contribution in [0.15, 0.2) is 77.7 Å². The molecule has 174 valence electrons. The van der Waals surface area contributed by atoms with Crippen LogP contribution in [0.1, 0.15) is 27.0 Å². The quantitative estimate of drug-likeness (QED) is 0.383. The zero-order valence-corrected chi connectivity index (χ0v) is 20.8. The van der Waals surface area contributed by atoms with E-state index in [1.54, 1.807) is 29.2 Å². The van der Waals surface area contributed by atoms with E-state index in [2.05, 4.69) is 5.43 Å². The molecule has 2 aliphatic rings. The van der Waals surface area contributed by atoms with Crippen molar-refractivity contribution in [2.75, 3.05) is 4.90 Å². The second kappa shape index (κ2) is 9.30. The highest BCUT2D eigenvalue weighted by molar-refractivity contribution is 8.26. The molecule has 1 saturated heterocycles. The first kappa shape index (κ1) is 23.3. The lowest BCUT2D eigenvalue weighted by molar-refractivity contribution is -0.124. The van der Waals surface area contributed by atoms with Crippen LogP contribution >= 0.6 is 35.6 Å². The molecule has 6 nitrogen and oxygen atoms in total. The molecule has 0 atom stereocenters. The number of hydrogen-bond donors (Lipinski definition) is 1. The molecule has 3 aromatic carbocycles. The number of nitrogens with one attached hydrogen (secondary N) is 1. The van der Waals surface area contributed by atoms with Crippen LogP contribution in [-0.2, 0) is 16.1 Å². The molecule has 3 amide bonds. The van der Waals surface area contributed by atoms with Crippen molar-refractivity contribution in [3.8, 4) is 0 Å². The minimum Gasteiger partial charge on any atom is -0.303 e. The van der Waals surface area contributed by atoms with Crippen LogP contribution in [0.5, 0.6) is 0 Å². The summed E-state index contributed by atoms with van der Waals surface area (Å²) < 4.78 is 0.154. The van der Waals surface area contributed by atoms with Gasteiger partial charge in [0.15, 0.2) is 4.32 Å². The van der Waals surface area contributed by atoms with Crippen molar-refractivity contribution in [1.82, 2.24) is 10.4 Å². The number of nitrogens with zero attached hydrogens (tertiary/aromatic N) is 2. The number of carbonyl (C=O) groups is 3. The van der Waals surface area contributed by atoms with Gasteiger partial charge in [0, 0.05) is 16.1 Å². The third-order valence-electron chi connectivity index (χ3n) is 5.78. The van der Waals surface area contributed by atoms with Crippen molar-refractivity contribution in [2.24, 2.45) is 0 Å². The lowest BCUT2D eigenvalue weighted by Gasteiger charge is -2.17. The number of hydrogen-bond acceptors (Lipinski definition) is 5. The second-order valence-electron chi connectivity index (χ2n) is 8.00. The van der Waals surface area contributed by atoms with Crippen LogP contribution in [0.3, 0.4) is 0 Å². The standard InChI is InChI=1S/C26H18ClN3O3S2/c1-15-6-2-3-7-18(15)23(31)28-30-25(33)22(35-26(30)34)21-19-8-4-5-9-20(19)29(24(21)32)14-16-10-12-17(27)13-11-16/h2-13H,14H2,1H3,(H,28,31). The summed E-state index contributed by atoms with van der Waals surface area (Å²) >= 11 is 12.4. The summed E-state index contributed by atoms with van der Waals surface area (Å²) in [6.07, 6.45) is 0. The Morgan fingerprint density at radius 3 is 2.40 bits per heavy atom. The zero-order valence-electron chi connectivity index (χ0n) is 18.4. The van der Waals surface area contributed by atoms with Crippen molar-refractivity contribution < 1.29 is 14.4 Å². The van der Waals surface area contributed by atoms with E-state index in [0.717, 1.165) is 27.9 Å². The molecule has 0 aliphatic carbocycles. The van der Waals surface area contributed by atoms with Gasteiger partial charge < -0.3 is 4.90 Å². The van der Waals surface area contributed by atoms with Gasteiger partial charge in [-0.3, -0.25) is 19.8 Å². The van der Waals surface area contributed by atoms with E-state index < -0.39 is 11.8 Å². The molecular formula is C26H18ClN3O3S2. The first-order valence-electron chi connectivity index (χ1n) is 10.7. The molecule has 2 aliphatic heterocycles. The van der Waals surface area contributed by atoms with E-state index in [9.17, 15) is 14.4 Å². The average molecular weight is 520 g/mol. The third-order valence-corrected chi connectivity index (χ3v) is 7.40. The first-order chi connectivity index (χ1) is 16.8. The van der Waals surface area contributed by atoms with Gasteiger partial charge in [-0.05, 0) is 54.5 Å². The van der Waals surface area contributed by atoms with Crippen molar-refractivity contribution in [2.45, 2.75) is 13.5 Å². The maximum atomic E-state index is 13.6. The number of fused-ring (bicyclic) bond motifs is 1. The molecule has 0 bridgehead atoms. The summed E-state index contributed by atoms with van der Waals surface area (Å²) in [5, 5.41) is 1.65. The van der Waals surface area contributed by atoms with E-state index in [0.29, 0.717) is 28.4 Å². The molecule has 3 aromatic rings. The van der Waals surface area contributed by atoms with Gasteiger partial charge in [-0.15, -0.1) is 0 Å². The largest absolute Gasteiger partial charge is 0.303 e. The van der Waals surface area contributed by atoms with Gasteiger partial charge in [-0.25, -0.2) is 0 Å². The third kappa shape index (κ3) is 4.25. The molecule has 0 spiro atoms. The van der Waals surface area contributed by atoms with Crippen LogP contribution in [0, 0.1) is 6.92 Å². The lowest BCUT2D eigenvalue weighted by Crippen LogP contribution is -2.45. The molecule has 5 rings (SSSR count). The first-order valence-corrected chi connectivity index (χ1v) is 12.3. The summed E-state index contributed by atoms with van der Waals surface area (Å²) in [4.78, 5) is 41.6. The number of thioether (sulfide) groups is 1. The normalized spacial score (nSPS) is 17.3. The van der Waals surface area contributed by atoms with E-state index in [4.69, 9.17) is 23.8 Å². The Morgan fingerprint density at radius 1 is 0.971 bits per heavy atom. The number of carbonyl (C=O) groups excluding carboxylic acids is 3. The number of anilines is 1. The second-order valence-corrected chi connectivity index (χ2v) is 10.1. The highest BCUT2D eigenvalue weighted by atomic mass is 35.5. The fourth-order valence-electron chi connectivity index (χ4n) is 4.03. The van der Waals surface area contributed by atoms with Crippen molar-refractivity contribution in [3.05, 3.63) is 105 Å². The Kier molecular flexibility index (Phi) is 6.19. The van der Waals surface area contributed by atoms with Crippen molar-refractivity contribution in [1.29, 1.82) is 0 Å². The van der Waals surface area contributed by atoms with Gasteiger partial charge in [0.05, 0.1) is 22.7 Å². The summed E-state index contributed by atoms with van der Waals surface area (Å²) in [6.45, 7) is 2.13. The molecule has 2 heterocycles. The summed E-state index contributed by atoms with van der Waals surface area (Å²) in [6, 6.07) is 21.6. The molecule has 1 N–H and O–H groups in total. The number of hydrazine groups is 1. The van der Waals surface area contributed by atoms with E-state index >= 15 is 0 Å². The van der Waals surface area contributed by atoms with Crippen LogP contribution < -0.4 is 10.3 Å². The smallest absolute Gasteiger partial charge is 0.286 e. The van der Waals surface area contributed by atoms with Crippen molar-refractivity contribution in [3.63, 3.8) is 0 Å². The number of benzene rings is 3. The summed E-state index contributed by atoms with van der Waals surface area (Å²) in [5.74, 6) is -1.28. The number of halogens is 1. The average Bonchev–Trinajstić information content (AvgIpc) is 3.28. The molecule has 1 fully saturated rings. The lowest BCUT2D eigenvalue weighted by atomic mass is 10.1. The van der Waals surface area contributed by atoms with Crippen LogP contribution in [0.2, 0.25) is 5.02 Å². The van der Waals surface area contributed by atoms with Crippen LogP contribution in [-0.4, -0.2) is 27.1 Å². The summed E-state index contributed by atoms with van der Waals surface area (Å²) in [5.41, 5.74) is 6.33. The van der Waals surface area contributed by atoms with Gasteiger partial charge in [0.25, 0.3) is 17.7 Å². The topological polar surface area (TPSA) is 69.7 Å². The predicted molar refractivity (Wildman–Crippen MR) is 142 cm³/mol. The number of amides is 3. The number of para-hydroxylation sites is 1. The van der Waals surface area contributed by atoms with Gasteiger partial charge in [0.1, 0.15) is 0 Å². The molecular weight excluding hydrogens is 502 g/mol. The minimum atomic E-state index is -0.534. The Bertz CT molecular complexity index is 1440. The Labute approximate surface area is 216 Å². The summed E-state index contributed by atoms with van der Waals surface area (Å²) in [7, 11) is 0. The minimum absolute atomic E-state index is 0.154. The number of aryl methyl sites for hydroxylation is 1. The molecule has 0 radical (unpaired) electrons. The Morgan fingerprint density at radius 2 is 1.66 bits per heavy atom. The zero-order chi connectivity index (χ0) is 24.7. The Hall–Kier alpha value is -3.46. The van der Waals surface area contributed by atoms with Crippen molar-refractivity contribution >= 4 is 68.9 Å². The molecule has 0 saturated carbocycles. The maximum absolute atomic E-state index is 13.6. The Balaban J connectivity index is 1.48. The molecule has 35 heavy (non-hydrogen) atoms. The van der Waals surface area contributed by atoms with Crippen LogP contribution in [0.4, 0.5) is 5.69 Å². The van der Waals surface area contributed by atoms with Gasteiger partial charge >= 0.3 is 0 Å². The maximum Gasteiger partial charge on any atom is 0.286 e. The SMILES string of the molecule is Cc1ccccc1C(=O)NN1C(=O)C(=C2C(=O)N(Cc3ccc(Cl)cc3)c3ccccc32)SC1=S. The molecule has 9 heteroatoms. The van der Waals surface area contributed by atoms with Gasteiger partial charge in [-0.2, -0.15) is 5.01 Å². The fraction of sp³-hybridized carbons (Fsp3) is 0.0769. The monoisotopic (exact) mass is 519 g/mol. The predicted octanol–water partition coefficient (Wildman–Crippen LogP) is 5.11. The van der Waals surface area contributed by atoms with Gasteiger partial charge in [-0.1, -0.05) is 71.9 Å². The van der Waals surface area contributed by atoms with E-state index in [1.807, 2.05) is 55.5 Å². The highest BCUT2D eigenvalue weighted by Gasteiger charge is 2.42. The van der Waals surface area contributed by atoms with Gasteiger partial charge in [0.2, 0.25) is 0 Å². The highest BCUT2D eigenvalue weighted by Crippen LogP contribution is 2.44. The molecule has 0 unspecified atom stereocenters. The molecule has 0 aromatic heterocycles. The van der Waals surface area contributed by atoms with Crippen LogP contribution in [0.25, 0.3) is 5.57 Å². The number of thiocarbonyl (C=S) groups is 1.